The molecule has 3 N–H and O–H groups in total. The van der Waals surface area contributed by atoms with Crippen LogP contribution in [0.3, 0.4) is 0 Å². The number of rotatable bonds is 4. The molecular weight excluding hydrogens is 348 g/mol. The van der Waals surface area contributed by atoms with Gasteiger partial charge < -0.3 is 20.5 Å². The number of fused-ring (bicyclic) bond motifs is 1. The summed E-state index contributed by atoms with van der Waals surface area (Å²) in [5.74, 6) is -0.0273. The van der Waals surface area contributed by atoms with Gasteiger partial charge in [-0.25, -0.2) is 9.78 Å². The second-order valence-corrected chi connectivity index (χ2v) is 7.08. The summed E-state index contributed by atoms with van der Waals surface area (Å²) in [7, 11) is 0. The molecule has 1 aromatic carbocycles. The molecule has 0 spiro atoms. The van der Waals surface area contributed by atoms with Crippen LogP contribution in [0, 0.1) is 25.7 Å². The van der Waals surface area contributed by atoms with Gasteiger partial charge in [0.25, 0.3) is 5.91 Å². The van der Waals surface area contributed by atoms with Gasteiger partial charge >= 0.3 is 6.16 Å². The van der Waals surface area contributed by atoms with E-state index in [0.29, 0.717) is 11.4 Å². The average molecular weight is 368 g/mol. The standard InChI is InChI=1S/C19H20N4O4/c1-9-15(22-16(18(20)24)10(2)21-9)11-3-5-12(6-4-11)23-7-13-14(8-23)17(13)27-19(25)26/h3-6,13-14,17H,7-8H2,1-2H3,(H2,20,24)(H,25,26)/t13-,14+,17?. The van der Waals surface area contributed by atoms with Crippen molar-refractivity contribution in [3.63, 3.8) is 0 Å². The minimum Gasteiger partial charge on any atom is -0.450 e. The first-order valence-corrected chi connectivity index (χ1v) is 8.75. The number of nitrogens with zero attached hydrogens (tertiary/aromatic N) is 3. The minimum absolute atomic E-state index is 0.157. The van der Waals surface area contributed by atoms with E-state index in [1.54, 1.807) is 6.92 Å². The summed E-state index contributed by atoms with van der Waals surface area (Å²) in [5, 5.41) is 8.72. The molecule has 27 heavy (non-hydrogen) atoms. The number of carbonyl (C=O) groups is 2. The van der Waals surface area contributed by atoms with Crippen LogP contribution in [0.4, 0.5) is 10.5 Å². The van der Waals surface area contributed by atoms with Gasteiger partial charge in [0.1, 0.15) is 11.8 Å². The first-order valence-electron chi connectivity index (χ1n) is 8.75. The second kappa shape index (κ2) is 6.22. The van der Waals surface area contributed by atoms with Gasteiger partial charge in [0.15, 0.2) is 0 Å². The van der Waals surface area contributed by atoms with Crippen molar-refractivity contribution in [3.8, 4) is 11.3 Å². The number of nitrogens with two attached hydrogens (primary N) is 1. The van der Waals surface area contributed by atoms with Gasteiger partial charge in [-0.15, -0.1) is 0 Å². The Morgan fingerprint density at radius 1 is 1.11 bits per heavy atom. The van der Waals surface area contributed by atoms with Crippen molar-refractivity contribution >= 4 is 17.7 Å². The summed E-state index contributed by atoms with van der Waals surface area (Å²) in [6.45, 7) is 5.14. The number of benzene rings is 1. The Bertz CT molecular complexity index is 916. The zero-order chi connectivity index (χ0) is 19.3. The Morgan fingerprint density at radius 3 is 2.30 bits per heavy atom. The van der Waals surface area contributed by atoms with E-state index in [1.165, 1.54) is 0 Å². The number of primary amides is 1. The normalized spacial score (nSPS) is 23.0. The summed E-state index contributed by atoms with van der Waals surface area (Å²) in [6, 6.07) is 7.89. The molecule has 140 valence electrons. The highest BCUT2D eigenvalue weighted by molar-refractivity contribution is 5.92. The van der Waals surface area contributed by atoms with E-state index < -0.39 is 12.1 Å². The lowest BCUT2D eigenvalue weighted by Crippen LogP contribution is -2.26. The SMILES string of the molecule is Cc1nc(C)c(-c2ccc(N3C[C@@H]4C(OC(=O)O)[C@@H]4C3)cc2)nc1C(N)=O. The number of hydrogen-bond acceptors (Lipinski definition) is 6. The highest BCUT2D eigenvalue weighted by Gasteiger charge is 2.58. The van der Waals surface area contributed by atoms with Crippen molar-refractivity contribution in [2.24, 2.45) is 17.6 Å². The zero-order valence-electron chi connectivity index (χ0n) is 15.0. The number of piperidine rings is 1. The quantitative estimate of drug-likeness (QED) is 0.792. The van der Waals surface area contributed by atoms with Gasteiger partial charge in [-0.2, -0.15) is 0 Å². The maximum absolute atomic E-state index is 11.5. The molecule has 1 saturated carbocycles. The molecule has 1 saturated heterocycles. The molecule has 4 rings (SSSR count). The van der Waals surface area contributed by atoms with Crippen LogP contribution in [0.1, 0.15) is 21.9 Å². The van der Waals surface area contributed by atoms with Crippen LogP contribution in [0.2, 0.25) is 0 Å². The number of carbonyl (C=O) groups excluding carboxylic acids is 1. The Labute approximate surface area is 156 Å². The van der Waals surface area contributed by atoms with E-state index in [4.69, 9.17) is 15.6 Å². The highest BCUT2D eigenvalue weighted by atomic mass is 16.7. The molecule has 0 radical (unpaired) electrons. The Balaban J connectivity index is 1.50. The fourth-order valence-electron chi connectivity index (χ4n) is 3.94. The Kier molecular flexibility index (Phi) is 3.98. The second-order valence-electron chi connectivity index (χ2n) is 7.08. The smallest absolute Gasteiger partial charge is 0.450 e. The third-order valence-corrected chi connectivity index (χ3v) is 5.34. The number of aromatic nitrogens is 2. The molecule has 2 aromatic rings. The van der Waals surface area contributed by atoms with Crippen molar-refractivity contribution in [1.82, 2.24) is 9.97 Å². The van der Waals surface area contributed by atoms with Crippen molar-refractivity contribution in [1.29, 1.82) is 0 Å². The van der Waals surface area contributed by atoms with Crippen LogP contribution >= 0.6 is 0 Å². The molecule has 8 heteroatoms. The van der Waals surface area contributed by atoms with E-state index in [-0.39, 0.29) is 23.6 Å². The molecule has 1 aliphatic carbocycles. The fraction of sp³-hybridized carbons (Fsp3) is 0.368. The molecule has 2 fully saturated rings. The van der Waals surface area contributed by atoms with E-state index >= 15 is 0 Å². The van der Waals surface area contributed by atoms with Gasteiger partial charge in [0, 0.05) is 36.2 Å². The number of anilines is 1. The molecule has 1 aliphatic heterocycles. The number of amides is 1. The van der Waals surface area contributed by atoms with Gasteiger partial charge in [-0.3, -0.25) is 9.78 Å². The number of carboxylic acid groups (broad SMARTS) is 1. The van der Waals surface area contributed by atoms with Gasteiger partial charge in [0.2, 0.25) is 0 Å². The van der Waals surface area contributed by atoms with Crippen LogP contribution in [0.25, 0.3) is 11.3 Å². The van der Waals surface area contributed by atoms with Gasteiger partial charge in [0.05, 0.1) is 17.1 Å². The first kappa shape index (κ1) is 17.3. The van der Waals surface area contributed by atoms with Crippen molar-refractivity contribution in [2.75, 3.05) is 18.0 Å². The Hall–Kier alpha value is -3.16. The molecule has 2 aliphatic rings. The van der Waals surface area contributed by atoms with Crippen LogP contribution in [0.5, 0.6) is 0 Å². The highest BCUT2D eigenvalue weighted by Crippen LogP contribution is 2.49. The Morgan fingerprint density at radius 2 is 1.74 bits per heavy atom. The summed E-state index contributed by atoms with van der Waals surface area (Å²) in [4.78, 5) is 33.2. The molecule has 0 bridgehead atoms. The predicted octanol–water partition coefficient (Wildman–Crippen LogP) is 1.99. The lowest BCUT2D eigenvalue weighted by Gasteiger charge is -2.22. The summed E-state index contributed by atoms with van der Waals surface area (Å²) in [6.07, 6.45) is -1.36. The molecule has 2 heterocycles. The molecule has 8 nitrogen and oxygen atoms in total. The van der Waals surface area contributed by atoms with E-state index in [9.17, 15) is 9.59 Å². The summed E-state index contributed by atoms with van der Waals surface area (Å²) in [5.41, 5.74) is 9.39. The number of hydrogen-bond donors (Lipinski definition) is 2. The van der Waals surface area contributed by atoms with Crippen molar-refractivity contribution in [3.05, 3.63) is 41.3 Å². The monoisotopic (exact) mass is 368 g/mol. The van der Waals surface area contributed by atoms with Crippen LogP contribution in [-0.4, -0.2) is 46.3 Å². The van der Waals surface area contributed by atoms with E-state index in [1.807, 2.05) is 31.2 Å². The minimum atomic E-state index is -1.20. The topological polar surface area (TPSA) is 119 Å². The molecular formula is C19H20N4O4. The largest absolute Gasteiger partial charge is 0.506 e. The van der Waals surface area contributed by atoms with Crippen molar-refractivity contribution in [2.45, 2.75) is 20.0 Å². The third-order valence-electron chi connectivity index (χ3n) is 5.34. The summed E-state index contributed by atoms with van der Waals surface area (Å²) >= 11 is 0. The molecule has 1 amide bonds. The number of aryl methyl sites for hydroxylation is 2. The van der Waals surface area contributed by atoms with E-state index in [2.05, 4.69) is 14.9 Å². The lowest BCUT2D eigenvalue weighted by molar-refractivity contribution is 0.0757. The van der Waals surface area contributed by atoms with E-state index in [0.717, 1.165) is 30.0 Å². The van der Waals surface area contributed by atoms with Crippen molar-refractivity contribution < 1.29 is 19.4 Å². The lowest BCUT2D eigenvalue weighted by atomic mass is 10.1. The average Bonchev–Trinajstić information content (AvgIpc) is 3.03. The maximum Gasteiger partial charge on any atom is 0.506 e. The number of ether oxygens (including phenoxy) is 1. The molecule has 1 unspecified atom stereocenters. The third kappa shape index (κ3) is 3.07. The van der Waals surface area contributed by atoms with Gasteiger partial charge in [-0.05, 0) is 26.0 Å². The maximum atomic E-state index is 11.5. The first-order chi connectivity index (χ1) is 12.8. The van der Waals surface area contributed by atoms with Gasteiger partial charge in [-0.1, -0.05) is 12.1 Å². The summed E-state index contributed by atoms with van der Waals surface area (Å²) < 4.78 is 4.88. The predicted molar refractivity (Wildman–Crippen MR) is 97.6 cm³/mol. The van der Waals surface area contributed by atoms with Crippen LogP contribution in [-0.2, 0) is 4.74 Å². The molecule has 1 aromatic heterocycles. The van der Waals surface area contributed by atoms with Crippen LogP contribution < -0.4 is 10.6 Å². The fourth-order valence-corrected chi connectivity index (χ4v) is 3.94. The molecule has 3 atom stereocenters. The van der Waals surface area contributed by atoms with Crippen LogP contribution in [0.15, 0.2) is 24.3 Å². The zero-order valence-corrected chi connectivity index (χ0v) is 15.0.